The lowest BCUT2D eigenvalue weighted by Crippen LogP contribution is -2.52. The van der Waals surface area contributed by atoms with E-state index < -0.39 is 47.9 Å². The minimum Gasteiger partial charge on any atom is -0.396 e. The molecule has 9 nitrogen and oxygen atoms in total. The van der Waals surface area contributed by atoms with Gasteiger partial charge in [-0.15, -0.1) is 0 Å². The number of nitrogens with one attached hydrogen (secondary N) is 1. The molecule has 1 aliphatic heterocycles. The molecule has 5 atom stereocenters. The molecule has 1 aliphatic rings. The van der Waals surface area contributed by atoms with Gasteiger partial charge in [0.05, 0.1) is 18.8 Å². The fourth-order valence-corrected chi connectivity index (χ4v) is 3.52. The number of nitrogens with zero attached hydrogens (tertiary/aromatic N) is 2. The summed E-state index contributed by atoms with van der Waals surface area (Å²) in [6, 6.07) is 0. The lowest BCUT2D eigenvalue weighted by molar-refractivity contribution is -0.0676. The van der Waals surface area contributed by atoms with Crippen LogP contribution in [0.25, 0.3) is 11.0 Å². The van der Waals surface area contributed by atoms with E-state index >= 15 is 0 Å². The van der Waals surface area contributed by atoms with Crippen LogP contribution in [0.3, 0.4) is 0 Å². The highest BCUT2D eigenvalue weighted by atomic mass is 35.5. The smallest absolute Gasteiger partial charge is 0.264 e. The topological polar surface area (TPSA) is 152 Å². The third kappa shape index (κ3) is 2.65. The average Bonchev–Trinajstić information content (AvgIpc) is 3.02. The lowest BCUT2D eigenvalue weighted by atomic mass is 9.82. The molecule has 2 aromatic heterocycles. The third-order valence-electron chi connectivity index (χ3n) is 4.55. The van der Waals surface area contributed by atoms with Gasteiger partial charge in [0.15, 0.2) is 17.7 Å². The van der Waals surface area contributed by atoms with E-state index in [0.29, 0.717) is 0 Å². The van der Waals surface area contributed by atoms with Crippen molar-refractivity contribution in [2.24, 2.45) is 11.7 Å². The van der Waals surface area contributed by atoms with E-state index in [-0.39, 0.29) is 17.0 Å². The minimum absolute atomic E-state index is 0.108. The molecule has 11 heteroatoms. The first-order valence-electron chi connectivity index (χ1n) is 7.66. The third-order valence-corrected chi connectivity index (χ3v) is 4.64. The number of aromatic nitrogens is 3. The van der Waals surface area contributed by atoms with Crippen LogP contribution in [0.2, 0.25) is 0 Å². The van der Waals surface area contributed by atoms with Crippen LogP contribution in [0.5, 0.6) is 0 Å². The summed E-state index contributed by atoms with van der Waals surface area (Å²) in [7, 11) is 0. The number of anilines is 1. The number of rotatable bonds is 3. The highest BCUT2D eigenvalue weighted by Crippen LogP contribution is 2.43. The second-order valence-electron chi connectivity index (χ2n) is 6.17. The van der Waals surface area contributed by atoms with E-state index in [1.54, 1.807) is 0 Å². The Labute approximate surface area is 151 Å². The second-order valence-corrected chi connectivity index (χ2v) is 6.36. The molecule has 3 rings (SSSR count). The van der Waals surface area contributed by atoms with Crippen molar-refractivity contribution >= 4 is 28.6 Å². The highest BCUT2D eigenvalue weighted by molar-refractivity contribution is 6.30. The molecule has 2 unspecified atom stereocenters. The fourth-order valence-electron chi connectivity index (χ4n) is 3.36. The van der Waals surface area contributed by atoms with Gasteiger partial charge in [-0.2, -0.15) is 4.98 Å². The van der Waals surface area contributed by atoms with Gasteiger partial charge in [0.1, 0.15) is 10.9 Å². The number of H-pyrrole nitrogens is 1. The Morgan fingerprint density at radius 2 is 2.35 bits per heavy atom. The van der Waals surface area contributed by atoms with Gasteiger partial charge in [-0.25, -0.2) is 4.39 Å². The molecule has 0 aromatic carbocycles. The normalized spacial score (nSPS) is 29.5. The van der Waals surface area contributed by atoms with Crippen LogP contribution in [0.4, 0.5) is 10.3 Å². The zero-order chi connectivity index (χ0) is 19.2. The van der Waals surface area contributed by atoms with Crippen LogP contribution in [0, 0.1) is 23.0 Å². The molecular weight excluding hydrogens is 369 g/mol. The zero-order valence-corrected chi connectivity index (χ0v) is 14.4. The van der Waals surface area contributed by atoms with Gasteiger partial charge in [-0.3, -0.25) is 14.3 Å². The molecule has 0 aliphatic carbocycles. The maximum atomic E-state index is 14.3. The number of aliphatic hydroxyl groups is 2. The molecule has 0 radical (unpaired) electrons. The second kappa shape index (κ2) is 6.53. The van der Waals surface area contributed by atoms with E-state index in [4.69, 9.17) is 27.8 Å². The van der Waals surface area contributed by atoms with Crippen LogP contribution >= 0.6 is 11.6 Å². The SMILES string of the molecule is C[C@H](O)[C@H]1O[C@@H](n2cc(F)c3c(=O)[nH]c(N)nc32)C(N)(C#CCl)C1CO. The summed E-state index contributed by atoms with van der Waals surface area (Å²) in [6.45, 7) is 0.992. The van der Waals surface area contributed by atoms with Crippen LogP contribution < -0.4 is 17.0 Å². The Bertz CT molecular complexity index is 965. The molecule has 0 saturated carbocycles. The molecule has 0 amide bonds. The summed E-state index contributed by atoms with van der Waals surface area (Å²) in [4.78, 5) is 18.2. The summed E-state index contributed by atoms with van der Waals surface area (Å²) in [5.41, 5.74) is 9.45. The molecular formula is C15H17ClFN5O4. The fraction of sp³-hybridized carbons (Fsp3) is 0.467. The van der Waals surface area contributed by atoms with Gasteiger partial charge in [-0.05, 0) is 18.5 Å². The first-order valence-corrected chi connectivity index (χ1v) is 8.04. The van der Waals surface area contributed by atoms with Gasteiger partial charge in [-0.1, -0.05) is 5.92 Å². The minimum atomic E-state index is -1.59. The molecule has 1 saturated heterocycles. The summed E-state index contributed by atoms with van der Waals surface area (Å²) in [5, 5.41) is 21.6. The van der Waals surface area contributed by atoms with Crippen molar-refractivity contribution in [1.29, 1.82) is 0 Å². The first kappa shape index (κ1) is 18.6. The van der Waals surface area contributed by atoms with Crippen molar-refractivity contribution in [2.75, 3.05) is 12.3 Å². The van der Waals surface area contributed by atoms with E-state index in [1.165, 1.54) is 11.5 Å². The molecule has 26 heavy (non-hydrogen) atoms. The Kier molecular flexibility index (Phi) is 4.68. The number of fused-ring (bicyclic) bond motifs is 1. The van der Waals surface area contributed by atoms with Crippen molar-refractivity contribution in [3.63, 3.8) is 0 Å². The molecule has 0 spiro atoms. The van der Waals surface area contributed by atoms with Crippen LogP contribution in [-0.4, -0.2) is 49.1 Å². The van der Waals surface area contributed by atoms with E-state index in [0.717, 1.165) is 6.20 Å². The number of hydrogen-bond acceptors (Lipinski definition) is 7. The van der Waals surface area contributed by atoms with E-state index in [9.17, 15) is 19.4 Å². The predicted molar refractivity (Wildman–Crippen MR) is 91.4 cm³/mol. The molecule has 1 fully saturated rings. The van der Waals surface area contributed by atoms with Crippen molar-refractivity contribution in [3.05, 3.63) is 22.4 Å². The van der Waals surface area contributed by atoms with Gasteiger partial charge < -0.3 is 26.4 Å². The van der Waals surface area contributed by atoms with Crippen LogP contribution in [0.15, 0.2) is 11.0 Å². The van der Waals surface area contributed by atoms with Crippen LogP contribution in [0.1, 0.15) is 13.2 Å². The number of halogens is 2. The summed E-state index contributed by atoms with van der Waals surface area (Å²) >= 11 is 5.53. The number of ether oxygens (including phenoxy) is 1. The van der Waals surface area contributed by atoms with Crippen LogP contribution in [-0.2, 0) is 4.74 Å². The van der Waals surface area contributed by atoms with Gasteiger partial charge >= 0.3 is 0 Å². The molecule has 7 N–H and O–H groups in total. The number of aliphatic hydroxyl groups excluding tert-OH is 2. The zero-order valence-electron chi connectivity index (χ0n) is 13.6. The van der Waals surface area contributed by atoms with Crippen molar-refractivity contribution in [3.8, 4) is 11.3 Å². The maximum absolute atomic E-state index is 14.3. The Morgan fingerprint density at radius 3 is 2.92 bits per heavy atom. The Morgan fingerprint density at radius 1 is 1.65 bits per heavy atom. The lowest BCUT2D eigenvalue weighted by Gasteiger charge is -2.30. The molecule has 0 bridgehead atoms. The average molecular weight is 386 g/mol. The van der Waals surface area contributed by atoms with E-state index in [2.05, 4.69) is 21.3 Å². The molecule has 2 aromatic rings. The largest absolute Gasteiger partial charge is 0.396 e. The maximum Gasteiger partial charge on any atom is 0.264 e. The highest BCUT2D eigenvalue weighted by Gasteiger charge is 2.56. The molecule has 140 valence electrons. The van der Waals surface area contributed by atoms with Gasteiger partial charge in [0.2, 0.25) is 5.95 Å². The summed E-state index contributed by atoms with van der Waals surface area (Å²) in [5.74, 6) is 0.646. The predicted octanol–water partition coefficient (Wildman–Crippen LogP) is -0.770. The Hall–Kier alpha value is -2.16. The van der Waals surface area contributed by atoms with E-state index in [1.807, 2.05) is 0 Å². The molecule has 3 heterocycles. The number of hydrogen-bond donors (Lipinski definition) is 5. The van der Waals surface area contributed by atoms with Crippen molar-refractivity contribution in [1.82, 2.24) is 14.5 Å². The quantitative estimate of drug-likeness (QED) is 0.435. The number of aromatic amines is 1. The van der Waals surface area contributed by atoms with Crippen molar-refractivity contribution in [2.45, 2.75) is 30.9 Å². The summed E-state index contributed by atoms with van der Waals surface area (Å²) in [6.07, 6.45) is -2.13. The number of nitrogen functional groups attached to an aromatic ring is 1. The standard InChI is InChI=1S/C15H17ClFN5O4/c1-6(24)10-7(5-23)15(19,2-3-16)13(26-10)22-4-8(17)9-11(22)20-14(18)21-12(9)25/h4,6-7,10,13,23-24H,5,19H2,1H3,(H3,18,20,21,25)/t6-,7?,10+,13+,15?/m0/s1. The monoisotopic (exact) mass is 385 g/mol. The number of nitrogens with two attached hydrogens (primary N) is 2. The van der Waals surface area contributed by atoms with Gasteiger partial charge in [0.25, 0.3) is 5.56 Å². The first-order chi connectivity index (χ1) is 12.2. The van der Waals surface area contributed by atoms with Crippen molar-refractivity contribution < 1.29 is 19.3 Å². The Balaban J connectivity index is 2.26. The summed E-state index contributed by atoms with van der Waals surface area (Å²) < 4.78 is 21.3. The van der Waals surface area contributed by atoms with Gasteiger partial charge in [0, 0.05) is 17.5 Å².